The number of piperidine rings is 1. The number of ether oxygens (including phenoxy) is 3. The summed E-state index contributed by atoms with van der Waals surface area (Å²) in [5.41, 5.74) is -0.293. The quantitative estimate of drug-likeness (QED) is 0.927. The lowest BCUT2D eigenvalue weighted by Crippen LogP contribution is -2.38. The van der Waals surface area contributed by atoms with Crippen molar-refractivity contribution in [2.45, 2.75) is 12.3 Å². The monoisotopic (exact) mass is 339 g/mol. The zero-order chi connectivity index (χ0) is 25.2. The molecule has 2 aliphatic rings. The highest BCUT2D eigenvalue weighted by atomic mass is 19.1. The second kappa shape index (κ2) is 6.69. The molecule has 2 aromatic rings. The van der Waals surface area contributed by atoms with E-state index in [2.05, 4.69) is 5.32 Å². The van der Waals surface area contributed by atoms with Crippen LogP contribution >= 0.6 is 0 Å². The Labute approximate surface area is 154 Å². The fourth-order valence-electron chi connectivity index (χ4n) is 2.55. The summed E-state index contributed by atoms with van der Waals surface area (Å²) in [4.78, 5) is 0. The molecule has 1 fully saturated rings. The summed E-state index contributed by atoms with van der Waals surface area (Å²) in [6.45, 7) is -7.54. The van der Waals surface area contributed by atoms with Crippen LogP contribution in [0.25, 0.3) is 0 Å². The molecule has 4 rings (SSSR count). The van der Waals surface area contributed by atoms with Gasteiger partial charge in [0.15, 0.2) is 11.5 Å². The second-order valence-corrected chi connectivity index (χ2v) is 5.29. The van der Waals surface area contributed by atoms with E-state index in [0.29, 0.717) is 0 Å². The summed E-state index contributed by atoms with van der Waals surface area (Å²) >= 11 is 0. The molecule has 0 aliphatic carbocycles. The summed E-state index contributed by atoms with van der Waals surface area (Å²) < 4.78 is 110. The van der Waals surface area contributed by atoms with Crippen LogP contribution in [0.5, 0.6) is 17.2 Å². The van der Waals surface area contributed by atoms with Gasteiger partial charge in [0.05, 0.1) is 14.8 Å². The lowest BCUT2D eigenvalue weighted by atomic mass is 9.81. The van der Waals surface area contributed by atoms with Crippen molar-refractivity contribution in [2.75, 3.05) is 26.3 Å². The van der Waals surface area contributed by atoms with Gasteiger partial charge in [-0.15, -0.1) is 0 Å². The number of hydrogen-bond donors (Lipinski definition) is 1. The van der Waals surface area contributed by atoms with E-state index in [4.69, 9.17) is 27.9 Å². The van der Waals surface area contributed by atoms with Gasteiger partial charge in [-0.1, -0.05) is 12.1 Å². The molecule has 0 amide bonds. The summed E-state index contributed by atoms with van der Waals surface area (Å²) in [5.74, 6) is -4.31. The van der Waals surface area contributed by atoms with E-state index < -0.39 is 61.6 Å². The second-order valence-electron chi connectivity index (χ2n) is 5.29. The molecule has 2 atom stereocenters. The van der Waals surface area contributed by atoms with Gasteiger partial charge in [0.2, 0.25) is 6.75 Å². The zero-order valence-corrected chi connectivity index (χ0v) is 12.4. The van der Waals surface area contributed by atoms with Crippen LogP contribution in [0.2, 0.25) is 0 Å². The largest absolute Gasteiger partial charge is 0.493 e. The van der Waals surface area contributed by atoms with Crippen LogP contribution in [-0.2, 0) is 0 Å². The van der Waals surface area contributed by atoms with Crippen LogP contribution in [0.1, 0.15) is 31.6 Å². The van der Waals surface area contributed by atoms with Crippen molar-refractivity contribution < 1.29 is 32.3 Å². The Morgan fingerprint density at radius 2 is 2.12 bits per heavy atom. The van der Waals surface area contributed by atoms with Crippen molar-refractivity contribution in [2.24, 2.45) is 5.92 Å². The smallest absolute Gasteiger partial charge is 0.231 e. The van der Waals surface area contributed by atoms with Crippen molar-refractivity contribution in [3.05, 3.63) is 53.7 Å². The Bertz CT molecular complexity index is 1120. The maximum Gasteiger partial charge on any atom is 0.231 e. The van der Waals surface area contributed by atoms with Crippen LogP contribution in [0.4, 0.5) is 4.39 Å². The molecule has 0 aromatic heterocycles. The third kappa shape index (κ3) is 3.17. The van der Waals surface area contributed by atoms with Crippen LogP contribution in [0.3, 0.4) is 0 Å². The first-order valence-electron chi connectivity index (χ1n) is 12.4. The first-order valence-corrected chi connectivity index (χ1v) is 7.36. The van der Waals surface area contributed by atoms with Gasteiger partial charge in [-0.05, 0) is 48.7 Å². The van der Waals surface area contributed by atoms with Crippen LogP contribution in [0.15, 0.2) is 42.4 Å². The third-order valence-electron chi connectivity index (χ3n) is 3.75. The van der Waals surface area contributed by atoms with E-state index in [-0.39, 0.29) is 35.8 Å². The van der Waals surface area contributed by atoms with Gasteiger partial charge in [-0.3, -0.25) is 0 Å². The highest BCUT2D eigenvalue weighted by Gasteiger charge is 2.27. The van der Waals surface area contributed by atoms with Gasteiger partial charge < -0.3 is 19.5 Å². The van der Waals surface area contributed by atoms with Gasteiger partial charge in [-0.2, -0.15) is 0 Å². The molecule has 0 bridgehead atoms. The molecule has 5 heteroatoms. The van der Waals surface area contributed by atoms with E-state index in [1.54, 1.807) is 0 Å². The van der Waals surface area contributed by atoms with Crippen molar-refractivity contribution >= 4 is 0 Å². The first kappa shape index (κ1) is 7.74. The Hall–Kier alpha value is -2.27. The van der Waals surface area contributed by atoms with E-state index in [9.17, 15) is 4.39 Å². The standard InChI is InChI=1S/C19H20FNO3/c20-15-3-1-13(2-4-15)17-7-8-21-10-14(17)11-22-16-5-6-18-19(9-16)24-12-23-18/h1-6,9,14,17,21H,7-8,10-12H2/t14?,17-/m0/s1/i1D,2D,3D,4D,10D2,11D2,12D2. The molecule has 2 aliphatic heterocycles. The average Bonchev–Trinajstić information content (AvgIpc) is 3.02. The highest BCUT2D eigenvalue weighted by molar-refractivity contribution is 5.46. The number of hydrogen-bond acceptors (Lipinski definition) is 4. The predicted octanol–water partition coefficient (Wildman–Crippen LogP) is 3.33. The van der Waals surface area contributed by atoms with E-state index in [1.807, 2.05) is 0 Å². The Morgan fingerprint density at radius 3 is 3.00 bits per heavy atom. The summed E-state index contributed by atoms with van der Waals surface area (Å²) in [5, 5.41) is 2.56. The van der Waals surface area contributed by atoms with E-state index in [0.717, 1.165) is 0 Å². The molecule has 2 aromatic carbocycles. The molecule has 24 heavy (non-hydrogen) atoms. The molecule has 0 spiro atoms. The number of benzene rings is 2. The molecule has 1 saturated heterocycles. The Morgan fingerprint density at radius 1 is 1.29 bits per heavy atom. The van der Waals surface area contributed by atoms with Crippen LogP contribution < -0.4 is 19.5 Å². The van der Waals surface area contributed by atoms with Crippen molar-refractivity contribution in [3.63, 3.8) is 0 Å². The van der Waals surface area contributed by atoms with Gasteiger partial charge in [0.25, 0.3) is 0 Å². The van der Waals surface area contributed by atoms with Gasteiger partial charge in [-0.25, -0.2) is 4.39 Å². The molecule has 4 nitrogen and oxygen atoms in total. The minimum Gasteiger partial charge on any atom is -0.493 e. The predicted molar refractivity (Wildman–Crippen MR) is 88.2 cm³/mol. The lowest BCUT2D eigenvalue weighted by Gasteiger charge is -2.32. The summed E-state index contributed by atoms with van der Waals surface area (Å²) in [6, 6.07) is 0.543. The molecule has 1 unspecified atom stereocenters. The topological polar surface area (TPSA) is 39.7 Å². The first-order chi connectivity index (χ1) is 15.6. The summed E-state index contributed by atoms with van der Waals surface area (Å²) in [6.07, 6.45) is 0.0384. The summed E-state index contributed by atoms with van der Waals surface area (Å²) in [7, 11) is 0. The molecule has 0 saturated carbocycles. The number of halogens is 1. The fourth-order valence-corrected chi connectivity index (χ4v) is 2.55. The van der Waals surface area contributed by atoms with E-state index in [1.165, 1.54) is 18.2 Å². The third-order valence-corrected chi connectivity index (χ3v) is 3.75. The SMILES string of the molecule is [2H]c1c([2H])c([C@@H]2CCNC([2H])([2H])C2C([2H])([2H])Oc2ccc3c(c2)OC([2H])([2H])O3)c([2H])c([2H])c1F. The zero-order valence-electron chi connectivity index (χ0n) is 22.4. The van der Waals surface area contributed by atoms with Crippen molar-refractivity contribution in [1.82, 2.24) is 5.32 Å². The molecule has 0 radical (unpaired) electrons. The van der Waals surface area contributed by atoms with Crippen molar-refractivity contribution in [3.8, 4) is 17.2 Å². The van der Waals surface area contributed by atoms with E-state index >= 15 is 0 Å². The van der Waals surface area contributed by atoms with Gasteiger partial charge in [0.1, 0.15) is 14.3 Å². The maximum atomic E-state index is 14.1. The number of rotatable bonds is 4. The maximum absolute atomic E-state index is 14.1. The minimum atomic E-state index is -2.77. The normalized spacial score (nSPS) is 33.2. The highest BCUT2D eigenvalue weighted by Crippen LogP contribution is 2.36. The molecular formula is C19H20FNO3. The van der Waals surface area contributed by atoms with Crippen LogP contribution in [-0.4, -0.2) is 26.3 Å². The number of fused-ring (bicyclic) bond motifs is 1. The lowest BCUT2D eigenvalue weighted by molar-refractivity contribution is 0.173. The fraction of sp³-hybridized carbons (Fsp3) is 0.368. The molecule has 2 heterocycles. The van der Waals surface area contributed by atoms with Crippen LogP contribution in [0, 0.1) is 11.7 Å². The number of nitrogens with one attached hydrogen (secondary N) is 1. The molecular weight excluding hydrogens is 309 g/mol. The minimum absolute atomic E-state index is 0.0384. The van der Waals surface area contributed by atoms with Gasteiger partial charge >= 0.3 is 0 Å². The molecule has 126 valence electrons. The van der Waals surface area contributed by atoms with Gasteiger partial charge in [0, 0.05) is 21.2 Å². The Kier molecular flexibility index (Phi) is 2.16. The van der Waals surface area contributed by atoms with Crippen molar-refractivity contribution in [1.29, 1.82) is 0 Å². The average molecular weight is 339 g/mol. The molecule has 1 N–H and O–H groups in total. The Balaban J connectivity index is 1.75.